The summed E-state index contributed by atoms with van der Waals surface area (Å²) in [6, 6.07) is 14.2. The lowest BCUT2D eigenvalue weighted by molar-refractivity contribution is 0.700. The lowest BCUT2D eigenvalue weighted by Gasteiger charge is -2.08. The maximum atomic E-state index is 6.10. The molecule has 0 bridgehead atoms. The molecule has 0 unspecified atom stereocenters. The van der Waals surface area contributed by atoms with Crippen LogP contribution in [0.25, 0.3) is 0 Å². The number of thioether (sulfide) groups is 2. The third kappa shape index (κ3) is 5.55. The normalized spacial score (nSPS) is 10.9. The van der Waals surface area contributed by atoms with Crippen LogP contribution in [-0.4, -0.2) is 14.8 Å². The highest BCUT2D eigenvalue weighted by Crippen LogP contribution is 2.29. The third-order valence-corrected chi connectivity index (χ3v) is 6.63. The van der Waals surface area contributed by atoms with E-state index < -0.39 is 0 Å². The second kappa shape index (κ2) is 9.69. The number of aromatic nitrogens is 3. The minimum atomic E-state index is 0.565. The van der Waals surface area contributed by atoms with Crippen molar-refractivity contribution < 1.29 is 0 Å². The summed E-state index contributed by atoms with van der Waals surface area (Å²) in [4.78, 5) is 1.22. The van der Waals surface area contributed by atoms with E-state index in [-0.39, 0.29) is 0 Å². The molecule has 0 aliphatic carbocycles. The molecule has 0 spiro atoms. The zero-order chi connectivity index (χ0) is 19.2. The standard InChI is InChI=1S/C20H19Cl2N3S2/c1-3-10-25-19(13-26-16-7-4-14(2)5-8-16)23-24-20(25)27-12-15-6-9-17(21)18(22)11-15/h3-9,11H,1,10,12-13H2,2H3. The van der Waals surface area contributed by atoms with Crippen LogP contribution in [0.1, 0.15) is 17.0 Å². The van der Waals surface area contributed by atoms with Gasteiger partial charge < -0.3 is 4.57 Å². The Kier molecular flexibility index (Phi) is 7.30. The summed E-state index contributed by atoms with van der Waals surface area (Å²) in [7, 11) is 0. The van der Waals surface area contributed by atoms with Crippen molar-refractivity contribution in [1.82, 2.24) is 14.8 Å². The Hall–Kier alpha value is -1.40. The van der Waals surface area contributed by atoms with Crippen molar-refractivity contribution >= 4 is 46.7 Å². The number of nitrogens with zero attached hydrogens (tertiary/aromatic N) is 3. The van der Waals surface area contributed by atoms with Crippen LogP contribution in [0.4, 0.5) is 0 Å². The molecule has 0 atom stereocenters. The SMILES string of the molecule is C=CCn1c(CSc2ccc(C)cc2)nnc1SCc1ccc(Cl)c(Cl)c1. The van der Waals surface area contributed by atoms with Crippen molar-refractivity contribution in [1.29, 1.82) is 0 Å². The van der Waals surface area contributed by atoms with E-state index in [0.717, 1.165) is 28.0 Å². The highest BCUT2D eigenvalue weighted by molar-refractivity contribution is 7.98. The Bertz CT molecular complexity index is 923. The molecule has 0 N–H and O–H groups in total. The maximum Gasteiger partial charge on any atom is 0.191 e. The van der Waals surface area contributed by atoms with Crippen LogP contribution >= 0.6 is 46.7 Å². The smallest absolute Gasteiger partial charge is 0.191 e. The molecule has 0 radical (unpaired) electrons. The summed E-state index contributed by atoms with van der Waals surface area (Å²) in [5, 5.41) is 10.8. The molecule has 140 valence electrons. The molecule has 3 nitrogen and oxygen atoms in total. The second-order valence-corrected chi connectivity index (χ2v) is 8.74. The van der Waals surface area contributed by atoms with E-state index >= 15 is 0 Å². The molecule has 0 saturated carbocycles. The fraction of sp³-hybridized carbons (Fsp3) is 0.200. The Morgan fingerprint density at radius 2 is 1.78 bits per heavy atom. The molecule has 3 rings (SSSR count). The van der Waals surface area contributed by atoms with Crippen molar-refractivity contribution in [3.63, 3.8) is 0 Å². The molecule has 0 aliphatic rings. The van der Waals surface area contributed by atoms with Crippen LogP contribution < -0.4 is 0 Å². The number of hydrogen-bond donors (Lipinski definition) is 0. The van der Waals surface area contributed by atoms with Gasteiger partial charge in [0, 0.05) is 17.2 Å². The minimum Gasteiger partial charge on any atom is -0.301 e. The molecule has 27 heavy (non-hydrogen) atoms. The molecule has 0 fully saturated rings. The van der Waals surface area contributed by atoms with Gasteiger partial charge in [0.05, 0.1) is 15.8 Å². The summed E-state index contributed by atoms with van der Waals surface area (Å²) in [5.74, 6) is 2.45. The van der Waals surface area contributed by atoms with Gasteiger partial charge in [-0.2, -0.15) is 0 Å². The Balaban J connectivity index is 1.69. The first-order chi connectivity index (χ1) is 13.1. The van der Waals surface area contributed by atoms with E-state index in [1.807, 2.05) is 24.3 Å². The first-order valence-electron chi connectivity index (χ1n) is 8.36. The van der Waals surface area contributed by atoms with Crippen LogP contribution in [0.2, 0.25) is 10.0 Å². The molecule has 2 aromatic carbocycles. The minimum absolute atomic E-state index is 0.565. The van der Waals surface area contributed by atoms with Gasteiger partial charge in [-0.15, -0.1) is 28.5 Å². The highest BCUT2D eigenvalue weighted by atomic mass is 35.5. The predicted octanol–water partition coefficient (Wildman–Crippen LogP) is 6.66. The fourth-order valence-electron chi connectivity index (χ4n) is 2.40. The number of benzene rings is 2. The van der Waals surface area contributed by atoms with Crippen molar-refractivity contribution in [2.75, 3.05) is 0 Å². The fourth-order valence-corrected chi connectivity index (χ4v) is 4.47. The average molecular weight is 436 g/mol. The Morgan fingerprint density at radius 3 is 2.48 bits per heavy atom. The van der Waals surface area contributed by atoms with E-state index in [0.29, 0.717) is 16.6 Å². The second-order valence-electron chi connectivity index (χ2n) is 5.94. The van der Waals surface area contributed by atoms with E-state index in [9.17, 15) is 0 Å². The van der Waals surface area contributed by atoms with Crippen molar-refractivity contribution in [3.8, 4) is 0 Å². The molecule has 0 amide bonds. The van der Waals surface area contributed by atoms with E-state index in [4.69, 9.17) is 23.2 Å². The van der Waals surface area contributed by atoms with Crippen LogP contribution in [-0.2, 0) is 18.1 Å². The van der Waals surface area contributed by atoms with Gasteiger partial charge in [0.15, 0.2) is 5.16 Å². The van der Waals surface area contributed by atoms with Gasteiger partial charge in [0.1, 0.15) is 5.82 Å². The summed E-state index contributed by atoms with van der Waals surface area (Å²) >= 11 is 15.5. The van der Waals surface area contributed by atoms with Crippen molar-refractivity contribution in [3.05, 3.63) is 82.1 Å². The quantitative estimate of drug-likeness (QED) is 0.292. The molecule has 3 aromatic rings. The zero-order valence-corrected chi connectivity index (χ0v) is 18.0. The van der Waals surface area contributed by atoms with Crippen LogP contribution in [0.5, 0.6) is 0 Å². The summed E-state index contributed by atoms with van der Waals surface area (Å²) in [6.45, 7) is 6.63. The van der Waals surface area contributed by atoms with Gasteiger partial charge in [-0.1, -0.05) is 64.8 Å². The van der Waals surface area contributed by atoms with Crippen LogP contribution in [0.15, 0.2) is 65.2 Å². The van der Waals surface area contributed by atoms with Crippen molar-refractivity contribution in [2.24, 2.45) is 0 Å². The van der Waals surface area contributed by atoms with Crippen LogP contribution in [0.3, 0.4) is 0 Å². The monoisotopic (exact) mass is 435 g/mol. The topological polar surface area (TPSA) is 30.7 Å². The summed E-state index contributed by atoms with van der Waals surface area (Å²) in [6.07, 6.45) is 1.87. The van der Waals surface area contributed by atoms with Gasteiger partial charge >= 0.3 is 0 Å². The summed E-state index contributed by atoms with van der Waals surface area (Å²) < 4.78 is 2.11. The number of aryl methyl sites for hydroxylation is 1. The highest BCUT2D eigenvalue weighted by Gasteiger charge is 2.12. The number of allylic oxidation sites excluding steroid dienone is 1. The zero-order valence-electron chi connectivity index (χ0n) is 14.9. The van der Waals surface area contributed by atoms with Gasteiger partial charge in [-0.25, -0.2) is 0 Å². The van der Waals surface area contributed by atoms with Gasteiger partial charge in [-0.05, 0) is 36.8 Å². The van der Waals surface area contributed by atoms with E-state index in [1.165, 1.54) is 10.5 Å². The number of rotatable bonds is 8. The van der Waals surface area contributed by atoms with E-state index in [2.05, 4.69) is 52.5 Å². The lowest BCUT2D eigenvalue weighted by atomic mass is 10.2. The number of halogens is 2. The third-order valence-electron chi connectivity index (χ3n) is 3.85. The number of hydrogen-bond acceptors (Lipinski definition) is 4. The molecule has 1 heterocycles. The first-order valence-corrected chi connectivity index (χ1v) is 11.1. The van der Waals surface area contributed by atoms with Crippen LogP contribution in [0, 0.1) is 6.92 Å². The average Bonchev–Trinajstić information content (AvgIpc) is 3.04. The molecular weight excluding hydrogens is 417 g/mol. The molecule has 0 aliphatic heterocycles. The Labute approximate surface area is 178 Å². The molecule has 7 heteroatoms. The van der Waals surface area contributed by atoms with Gasteiger partial charge in [0.2, 0.25) is 0 Å². The Morgan fingerprint density at radius 1 is 1.00 bits per heavy atom. The maximum absolute atomic E-state index is 6.10. The van der Waals surface area contributed by atoms with Gasteiger partial charge in [-0.3, -0.25) is 0 Å². The first kappa shape index (κ1) is 20.3. The lowest BCUT2D eigenvalue weighted by Crippen LogP contribution is -2.03. The molecule has 0 saturated heterocycles. The largest absolute Gasteiger partial charge is 0.301 e. The van der Waals surface area contributed by atoms with Crippen molar-refractivity contribution in [2.45, 2.75) is 35.0 Å². The van der Waals surface area contributed by atoms with Gasteiger partial charge in [0.25, 0.3) is 0 Å². The molecule has 1 aromatic heterocycles. The van der Waals surface area contributed by atoms with E-state index in [1.54, 1.807) is 23.5 Å². The molecular formula is C20H19Cl2N3S2. The predicted molar refractivity (Wildman–Crippen MR) is 117 cm³/mol. The summed E-state index contributed by atoms with van der Waals surface area (Å²) in [5.41, 5.74) is 2.35.